The fourth-order valence-electron chi connectivity index (χ4n) is 9.49. The average molecular weight is 1450 g/mol. The highest BCUT2D eigenvalue weighted by Crippen LogP contribution is 2.35. The van der Waals surface area contributed by atoms with Crippen LogP contribution >= 0.6 is 66.7 Å². The van der Waals surface area contributed by atoms with E-state index in [9.17, 15) is 37.1 Å². The van der Waals surface area contributed by atoms with E-state index in [0.29, 0.717) is 93.8 Å². The van der Waals surface area contributed by atoms with Gasteiger partial charge in [-0.25, -0.2) is 22.5 Å². The number of methoxy groups -OCH3 is 4. The maximum absolute atomic E-state index is 14.7. The first-order valence-electron chi connectivity index (χ1n) is 26.9. The number of nitrogens with one attached hydrogen (secondary N) is 2. The van der Waals surface area contributed by atoms with E-state index in [2.05, 4.69) is 93.6 Å². The van der Waals surface area contributed by atoms with Gasteiger partial charge in [0.2, 0.25) is 11.8 Å². The van der Waals surface area contributed by atoms with E-state index in [1.807, 2.05) is 0 Å². The Morgan fingerprint density at radius 3 is 1.59 bits per heavy atom. The number of aldehydes is 1. The number of nitrogens with zero attached hydrogens (tertiary/aromatic N) is 8. The van der Waals surface area contributed by atoms with Gasteiger partial charge in [0.1, 0.15) is 45.9 Å². The van der Waals surface area contributed by atoms with Crippen LogP contribution in [0.5, 0.6) is 0 Å². The standard InChI is InChI=1S/C25H24ClFN6O3.C16H21N5O3.C9H4BrClFN.C7H5BrFNO.C4H9ClO2/c1-4-22(34)32-12-17(10-18(32)13-36-3)33-25(29-2)23(24(28)35)20(31-33)6-5-14-9-21-15(8-19(14)27)7-16(26)11-30-21;1-5-12-14(15(17)23)16(18-3)21(19-12)10-7-11(9-24-4)20(8-10)13(22)6-2;10-7-3-9-5(2-8(7)12)1-6(11)4-13-9;8-5-2-7(10)4(3-11)1-6(5)9;1-6-4(3-5)7-2/h4,7-9,11,17-18,29H,1,10,12-13H2,2-3H3,(H2,28,35);1,6,10-11,18H,2,7-9H2,3-4H3,(H2,17,23);1-4H;1-3H,10H2;4H,3H2,1-2H3/t17-,18+;10-,11+;;;/m00.../s1. The van der Waals surface area contributed by atoms with Crippen LogP contribution in [0.1, 0.15) is 73.0 Å². The molecule has 0 saturated carbocycles. The molecule has 0 aliphatic carbocycles. The lowest BCUT2D eigenvalue weighted by Gasteiger charge is -2.22. The molecule has 2 fully saturated rings. The number of hydrogen-bond acceptors (Lipinski definition) is 16. The number of halogens is 8. The Bertz CT molecular complexity index is 3930. The zero-order valence-electron chi connectivity index (χ0n) is 49.8. The maximum Gasteiger partial charge on any atom is 0.255 e. The number of pyridine rings is 2. The van der Waals surface area contributed by atoms with Crippen LogP contribution in [0.4, 0.5) is 30.5 Å². The van der Waals surface area contributed by atoms with E-state index < -0.39 is 23.4 Å². The van der Waals surface area contributed by atoms with Gasteiger partial charge in [0.05, 0.1) is 78.8 Å². The number of nitrogen functional groups attached to an aromatic ring is 1. The number of terminal acetylenes is 1. The normalized spacial score (nSPS) is 15.5. The second kappa shape index (κ2) is 34.9. The molecular formula is C61H63Br2Cl3F3N13O9. The van der Waals surface area contributed by atoms with Gasteiger partial charge in [-0.2, -0.15) is 10.2 Å². The summed E-state index contributed by atoms with van der Waals surface area (Å²) in [6, 6.07) is 10.8. The Kier molecular flexibility index (Phi) is 28.3. The van der Waals surface area contributed by atoms with Crippen molar-refractivity contribution in [2.75, 3.05) is 91.1 Å². The smallest absolute Gasteiger partial charge is 0.255 e. The number of alkyl halides is 1. The minimum atomic E-state index is -0.740. The fourth-order valence-corrected chi connectivity index (χ4v) is 10.8. The van der Waals surface area contributed by atoms with Gasteiger partial charge in [0, 0.05) is 90.0 Å². The van der Waals surface area contributed by atoms with Crippen LogP contribution in [0.2, 0.25) is 10.0 Å². The third-order valence-corrected chi connectivity index (χ3v) is 15.6. The number of benzene rings is 3. The van der Waals surface area contributed by atoms with E-state index >= 15 is 0 Å². The van der Waals surface area contributed by atoms with Crippen molar-refractivity contribution >= 4 is 136 Å². The molecule has 0 bridgehead atoms. The molecule has 4 atom stereocenters. The van der Waals surface area contributed by atoms with Crippen molar-refractivity contribution in [3.05, 3.63) is 156 Å². The predicted octanol–water partition coefficient (Wildman–Crippen LogP) is 9.33. The molecule has 7 aromatic rings. The van der Waals surface area contributed by atoms with Gasteiger partial charge in [-0.3, -0.25) is 33.9 Å². The zero-order chi connectivity index (χ0) is 67.4. The molecular weight excluding hydrogens is 1380 g/mol. The van der Waals surface area contributed by atoms with Crippen molar-refractivity contribution in [1.29, 1.82) is 0 Å². The van der Waals surface area contributed by atoms with Gasteiger partial charge >= 0.3 is 0 Å². The summed E-state index contributed by atoms with van der Waals surface area (Å²) in [5.74, 6) is 5.95. The minimum Gasteiger partial charge on any atom is -0.398 e. The van der Waals surface area contributed by atoms with Crippen LogP contribution in [0.15, 0.2) is 95.2 Å². The summed E-state index contributed by atoms with van der Waals surface area (Å²) in [6.07, 6.45) is 12.4. The average Bonchev–Trinajstić information content (AvgIpc) is 1.68. The molecule has 482 valence electrons. The van der Waals surface area contributed by atoms with Gasteiger partial charge in [0.15, 0.2) is 18.3 Å². The number of primary amides is 2. The fraction of sp³-hybridized carbons (Fsp3) is 0.295. The molecule has 2 aliphatic heterocycles. The van der Waals surface area contributed by atoms with E-state index in [-0.39, 0.29) is 91.9 Å². The maximum atomic E-state index is 14.7. The van der Waals surface area contributed by atoms with Crippen molar-refractivity contribution in [3.8, 4) is 24.2 Å². The lowest BCUT2D eigenvalue weighted by atomic mass is 10.1. The number of ether oxygens (including phenoxy) is 4. The molecule has 2 saturated heterocycles. The monoisotopic (exact) mass is 1440 g/mol. The molecule has 9 rings (SSSR count). The summed E-state index contributed by atoms with van der Waals surface area (Å²) in [5.41, 5.74) is 18.8. The van der Waals surface area contributed by atoms with Crippen molar-refractivity contribution in [3.63, 3.8) is 0 Å². The Hall–Kier alpha value is -8.09. The number of likely N-dealkylation sites (tertiary alicyclic amines) is 2. The molecule has 0 radical (unpaired) electrons. The number of fused-ring (bicyclic) bond motifs is 2. The quantitative estimate of drug-likeness (QED) is 0.0150. The van der Waals surface area contributed by atoms with Crippen molar-refractivity contribution in [2.24, 2.45) is 11.5 Å². The Morgan fingerprint density at radius 1 is 0.725 bits per heavy atom. The van der Waals surface area contributed by atoms with Crippen LogP contribution in [-0.4, -0.2) is 162 Å². The molecule has 2 aliphatic rings. The number of anilines is 3. The first-order valence-corrected chi connectivity index (χ1v) is 29.8. The molecule has 4 amide bonds. The van der Waals surface area contributed by atoms with Gasteiger partial charge in [-0.05, 0) is 117 Å². The third kappa shape index (κ3) is 18.8. The first kappa shape index (κ1) is 73.6. The Morgan fingerprint density at radius 2 is 1.18 bits per heavy atom. The van der Waals surface area contributed by atoms with Gasteiger partial charge in [-0.15, -0.1) is 18.0 Å². The second-order valence-electron chi connectivity index (χ2n) is 19.4. The van der Waals surface area contributed by atoms with E-state index in [0.717, 1.165) is 11.6 Å². The van der Waals surface area contributed by atoms with Crippen LogP contribution in [0.25, 0.3) is 21.8 Å². The topological polar surface area (TPSA) is 292 Å². The molecule has 4 aromatic heterocycles. The molecule has 91 heavy (non-hydrogen) atoms. The summed E-state index contributed by atoms with van der Waals surface area (Å²) in [5, 5.41) is 16.9. The molecule has 8 N–H and O–H groups in total. The molecule has 0 spiro atoms. The summed E-state index contributed by atoms with van der Waals surface area (Å²) >= 11 is 23.0. The van der Waals surface area contributed by atoms with Crippen LogP contribution < -0.4 is 27.8 Å². The zero-order valence-corrected chi connectivity index (χ0v) is 55.3. The van der Waals surface area contributed by atoms with Gasteiger partial charge in [-0.1, -0.05) is 42.3 Å². The number of hydrogen-bond donors (Lipinski definition) is 5. The summed E-state index contributed by atoms with van der Waals surface area (Å²) < 4.78 is 64.2. The Labute approximate surface area is 554 Å². The largest absolute Gasteiger partial charge is 0.398 e. The van der Waals surface area contributed by atoms with Crippen LogP contribution in [-0.2, 0) is 28.5 Å². The number of nitrogens with two attached hydrogens (primary N) is 3. The second-order valence-corrected chi connectivity index (χ2v) is 22.3. The summed E-state index contributed by atoms with van der Waals surface area (Å²) in [7, 11) is 9.54. The highest BCUT2D eigenvalue weighted by atomic mass is 79.9. The SMILES string of the molecule is C#Cc1nn([C@H]2C[C@H](COC)N(C(=O)C=C)C2)c(NC)c1C(N)=O.C=CC(=O)N1C[C@@H](n2nc(C#Cc3cc4ncc(Cl)cc4cc3F)c(C(N)=O)c2NC)C[C@@H]1COC.COC(CCl)OC.Fc1cc2cc(Cl)cnc2cc1Br.Nc1cc(Br)c(F)cc1C=O. The number of rotatable bonds is 16. The lowest BCUT2D eigenvalue weighted by molar-refractivity contribution is -0.128. The predicted molar refractivity (Wildman–Crippen MR) is 351 cm³/mol. The summed E-state index contributed by atoms with van der Waals surface area (Å²) in [6.45, 7) is 8.58. The van der Waals surface area contributed by atoms with Gasteiger partial charge in [0.25, 0.3) is 11.8 Å². The Balaban J connectivity index is 0.000000233. The van der Waals surface area contributed by atoms with Crippen molar-refractivity contribution < 1.29 is 56.1 Å². The van der Waals surface area contributed by atoms with Gasteiger partial charge < -0.3 is 56.6 Å². The summed E-state index contributed by atoms with van der Waals surface area (Å²) in [4.78, 5) is 70.3. The van der Waals surface area contributed by atoms with E-state index in [4.69, 9.17) is 77.4 Å². The minimum absolute atomic E-state index is 0.0768. The van der Waals surface area contributed by atoms with Crippen LogP contribution in [0.3, 0.4) is 0 Å². The third-order valence-electron chi connectivity index (χ3n) is 13.7. The number of amides is 4. The number of aromatic nitrogens is 6. The molecule has 0 unspecified atom stereocenters. The number of carbonyl (C=O) groups is 5. The lowest BCUT2D eigenvalue weighted by Crippen LogP contribution is -2.37. The molecule has 6 heterocycles. The van der Waals surface area contributed by atoms with Crippen LogP contribution in [0, 0.1) is 41.6 Å². The van der Waals surface area contributed by atoms with Crippen molar-refractivity contribution in [1.82, 2.24) is 39.3 Å². The van der Waals surface area contributed by atoms with Crippen molar-refractivity contribution in [2.45, 2.75) is 43.3 Å². The molecule has 22 nitrogen and oxygen atoms in total. The molecule has 30 heteroatoms. The highest BCUT2D eigenvalue weighted by molar-refractivity contribution is 9.10. The van der Waals surface area contributed by atoms with E-state index in [1.165, 1.54) is 48.8 Å². The highest BCUT2D eigenvalue weighted by Gasteiger charge is 2.39. The molecule has 3 aromatic carbocycles. The number of carbonyl (C=O) groups excluding carboxylic acids is 5. The first-order chi connectivity index (χ1) is 43.4. The van der Waals surface area contributed by atoms with E-state index in [1.54, 1.807) is 79.9 Å².